The van der Waals surface area contributed by atoms with Crippen LogP contribution in [-0.4, -0.2) is 68.2 Å². The first-order valence-electron chi connectivity index (χ1n) is 11.9. The maximum absolute atomic E-state index is 15.4. The van der Waals surface area contributed by atoms with E-state index in [4.69, 9.17) is 0 Å². The van der Waals surface area contributed by atoms with Crippen molar-refractivity contribution in [3.05, 3.63) is 47.2 Å². The standard InChI is InChI=1S/C24H31F4N3O5S/c1-23(17-8-4-5-10-19(17)36-24(26,27)28)12-11-16(14-20(23)25)29-22(33)18-9-6-7-13-31(18)21(32)15-30(2)37(3,34)35/h4,8,11,14,18H,5-7,9-10,12-13,15H2,1-3H3,(H,29,33). The van der Waals surface area contributed by atoms with Crippen molar-refractivity contribution in [3.63, 3.8) is 0 Å². The summed E-state index contributed by atoms with van der Waals surface area (Å²) in [5.74, 6) is -2.14. The maximum atomic E-state index is 15.4. The van der Waals surface area contributed by atoms with Crippen molar-refractivity contribution in [2.75, 3.05) is 26.4 Å². The van der Waals surface area contributed by atoms with E-state index in [1.54, 1.807) is 6.08 Å². The van der Waals surface area contributed by atoms with Gasteiger partial charge in [0.2, 0.25) is 21.8 Å². The first-order chi connectivity index (χ1) is 17.1. The molecule has 206 valence electrons. The molecule has 1 fully saturated rings. The first-order valence-corrected chi connectivity index (χ1v) is 13.7. The monoisotopic (exact) mass is 549 g/mol. The number of allylic oxidation sites excluding steroid dienone is 7. The number of alkyl halides is 3. The van der Waals surface area contributed by atoms with Gasteiger partial charge in [-0.05, 0) is 45.1 Å². The molecule has 0 spiro atoms. The van der Waals surface area contributed by atoms with Crippen LogP contribution in [0, 0.1) is 5.41 Å². The highest BCUT2D eigenvalue weighted by Crippen LogP contribution is 2.47. The second-order valence-corrected chi connectivity index (χ2v) is 11.7. The lowest BCUT2D eigenvalue weighted by molar-refractivity contribution is -0.307. The maximum Gasteiger partial charge on any atom is 0.572 e. The summed E-state index contributed by atoms with van der Waals surface area (Å²) in [4.78, 5) is 27.1. The predicted octanol–water partition coefficient (Wildman–Crippen LogP) is 3.66. The molecule has 8 nitrogen and oxygen atoms in total. The summed E-state index contributed by atoms with van der Waals surface area (Å²) in [6.45, 7) is 1.33. The summed E-state index contributed by atoms with van der Waals surface area (Å²) in [6, 6.07) is -0.865. The zero-order valence-electron chi connectivity index (χ0n) is 20.9. The van der Waals surface area contributed by atoms with E-state index in [1.165, 1.54) is 31.0 Å². The third-order valence-electron chi connectivity index (χ3n) is 6.81. The zero-order valence-corrected chi connectivity index (χ0v) is 21.7. The molecule has 3 rings (SSSR count). The fourth-order valence-corrected chi connectivity index (χ4v) is 4.94. The molecule has 2 unspecified atom stereocenters. The number of rotatable bonds is 7. The smallest absolute Gasteiger partial charge is 0.410 e. The Morgan fingerprint density at radius 1 is 1.30 bits per heavy atom. The molecule has 2 aliphatic carbocycles. The summed E-state index contributed by atoms with van der Waals surface area (Å²) in [6.07, 6.45) is 3.74. The van der Waals surface area contributed by atoms with Crippen LogP contribution in [0.1, 0.15) is 45.4 Å². The average Bonchev–Trinajstić information content (AvgIpc) is 2.80. The number of likely N-dealkylation sites (tertiary alicyclic amines) is 1. The molecular formula is C24H31F4N3O5S. The lowest BCUT2D eigenvalue weighted by Gasteiger charge is -2.36. The van der Waals surface area contributed by atoms with E-state index >= 15 is 4.39 Å². The van der Waals surface area contributed by atoms with Crippen LogP contribution in [0.25, 0.3) is 0 Å². The van der Waals surface area contributed by atoms with Crippen molar-refractivity contribution in [2.45, 2.75) is 57.9 Å². The Morgan fingerprint density at radius 2 is 2.00 bits per heavy atom. The molecule has 1 saturated heterocycles. The van der Waals surface area contributed by atoms with Gasteiger partial charge in [0.25, 0.3) is 0 Å². The molecule has 37 heavy (non-hydrogen) atoms. The van der Waals surface area contributed by atoms with Crippen LogP contribution in [0.3, 0.4) is 0 Å². The van der Waals surface area contributed by atoms with Crippen molar-refractivity contribution in [1.82, 2.24) is 14.5 Å². The van der Waals surface area contributed by atoms with Crippen molar-refractivity contribution in [3.8, 4) is 0 Å². The number of carbonyl (C=O) groups is 2. The third kappa shape index (κ3) is 7.01. The van der Waals surface area contributed by atoms with E-state index in [2.05, 4.69) is 10.1 Å². The van der Waals surface area contributed by atoms with Crippen molar-refractivity contribution >= 4 is 21.8 Å². The Morgan fingerprint density at radius 3 is 2.62 bits per heavy atom. The molecule has 0 bridgehead atoms. The summed E-state index contributed by atoms with van der Waals surface area (Å²) < 4.78 is 82.5. The molecule has 2 amide bonds. The quantitative estimate of drug-likeness (QED) is 0.489. The number of halogens is 4. The number of nitrogens with zero attached hydrogens (tertiary/aromatic N) is 2. The molecular weight excluding hydrogens is 518 g/mol. The summed E-state index contributed by atoms with van der Waals surface area (Å²) >= 11 is 0. The number of piperidine rings is 1. The van der Waals surface area contributed by atoms with Crippen molar-refractivity contribution in [2.24, 2.45) is 5.41 Å². The Labute approximate surface area is 213 Å². The van der Waals surface area contributed by atoms with Gasteiger partial charge in [-0.25, -0.2) is 12.8 Å². The van der Waals surface area contributed by atoms with Gasteiger partial charge in [-0.15, -0.1) is 13.2 Å². The van der Waals surface area contributed by atoms with E-state index in [-0.39, 0.29) is 36.4 Å². The largest absolute Gasteiger partial charge is 0.572 e. The molecule has 3 aliphatic rings. The van der Waals surface area contributed by atoms with Crippen LogP contribution < -0.4 is 5.32 Å². The van der Waals surface area contributed by atoms with Gasteiger partial charge in [-0.1, -0.05) is 18.2 Å². The molecule has 13 heteroatoms. The predicted molar refractivity (Wildman–Crippen MR) is 128 cm³/mol. The number of hydrogen-bond donors (Lipinski definition) is 1. The lowest BCUT2D eigenvalue weighted by atomic mass is 9.73. The van der Waals surface area contributed by atoms with Gasteiger partial charge in [-0.2, -0.15) is 4.31 Å². The molecule has 1 N–H and O–H groups in total. The van der Waals surface area contributed by atoms with E-state index in [0.29, 0.717) is 25.7 Å². The molecule has 0 radical (unpaired) electrons. The van der Waals surface area contributed by atoms with Crippen LogP contribution in [-0.2, 0) is 24.3 Å². The number of ether oxygens (including phenoxy) is 1. The van der Waals surface area contributed by atoms with E-state index < -0.39 is 52.0 Å². The fraction of sp³-hybridized carbons (Fsp3) is 0.583. The van der Waals surface area contributed by atoms with E-state index in [1.807, 2.05) is 0 Å². The van der Waals surface area contributed by atoms with Crippen LogP contribution in [0.4, 0.5) is 17.6 Å². The fourth-order valence-electron chi connectivity index (χ4n) is 4.60. The highest BCUT2D eigenvalue weighted by atomic mass is 32.2. The van der Waals surface area contributed by atoms with E-state index in [0.717, 1.165) is 16.6 Å². The number of carbonyl (C=O) groups excluding carboxylic acids is 2. The summed E-state index contributed by atoms with van der Waals surface area (Å²) in [5.41, 5.74) is -1.19. The average molecular weight is 550 g/mol. The Hall–Kier alpha value is -2.67. The summed E-state index contributed by atoms with van der Waals surface area (Å²) in [5, 5.41) is 2.61. The van der Waals surface area contributed by atoms with Gasteiger partial charge in [-0.3, -0.25) is 9.59 Å². The van der Waals surface area contributed by atoms with Gasteiger partial charge in [0.05, 0.1) is 18.2 Å². The first kappa shape index (κ1) is 28.9. The Bertz CT molecular complexity index is 1160. The number of sulfonamides is 1. The molecule has 0 aromatic carbocycles. The minimum atomic E-state index is -4.90. The minimum absolute atomic E-state index is 0.0123. The highest BCUT2D eigenvalue weighted by molar-refractivity contribution is 7.88. The number of hydrogen-bond acceptors (Lipinski definition) is 5. The van der Waals surface area contributed by atoms with Crippen LogP contribution in [0.15, 0.2) is 47.2 Å². The SMILES string of the molecule is CN(CC(=O)N1CCCCC1C(=O)NC1=CCC(C)(C2=C(OC(F)(F)F)CCC=C2)C(F)=C1)S(C)(=O)=O. The molecule has 0 saturated carbocycles. The van der Waals surface area contributed by atoms with Gasteiger partial charge in [0.15, 0.2) is 0 Å². The zero-order chi connectivity index (χ0) is 27.6. The lowest BCUT2D eigenvalue weighted by Crippen LogP contribution is -2.54. The second-order valence-electron chi connectivity index (χ2n) is 9.62. The van der Waals surface area contributed by atoms with Gasteiger partial charge >= 0.3 is 6.36 Å². The third-order valence-corrected chi connectivity index (χ3v) is 8.07. The van der Waals surface area contributed by atoms with Gasteiger partial charge < -0.3 is 15.0 Å². The van der Waals surface area contributed by atoms with Crippen LogP contribution in [0.5, 0.6) is 0 Å². The Balaban J connectivity index is 1.74. The van der Waals surface area contributed by atoms with Crippen LogP contribution in [0.2, 0.25) is 0 Å². The Kier molecular flexibility index (Phi) is 8.57. The van der Waals surface area contributed by atoms with Gasteiger partial charge in [0.1, 0.15) is 17.6 Å². The molecule has 1 aliphatic heterocycles. The van der Waals surface area contributed by atoms with Crippen LogP contribution >= 0.6 is 0 Å². The molecule has 1 heterocycles. The van der Waals surface area contributed by atoms with Crippen molar-refractivity contribution < 1.29 is 40.3 Å². The second kappa shape index (κ2) is 11.0. The summed E-state index contributed by atoms with van der Waals surface area (Å²) in [7, 11) is -2.32. The normalized spacial score (nSPS) is 25.1. The van der Waals surface area contributed by atoms with Crippen molar-refractivity contribution in [1.29, 1.82) is 0 Å². The minimum Gasteiger partial charge on any atom is -0.410 e. The molecule has 2 atom stereocenters. The van der Waals surface area contributed by atoms with E-state index in [9.17, 15) is 31.2 Å². The van der Waals surface area contributed by atoms with Gasteiger partial charge in [0, 0.05) is 31.3 Å². The topological polar surface area (TPSA) is 96.0 Å². The molecule has 0 aromatic rings. The number of likely N-dealkylation sites (N-methyl/N-ethyl adjacent to an activating group) is 1. The number of nitrogens with one attached hydrogen (secondary N) is 1. The molecule has 0 aromatic heterocycles. The number of amides is 2. The highest BCUT2D eigenvalue weighted by Gasteiger charge is 2.41.